The van der Waals surface area contributed by atoms with E-state index in [-0.39, 0.29) is 6.03 Å². The molecule has 0 aliphatic heterocycles. The molecular formula is C22H19N3O2. The van der Waals surface area contributed by atoms with E-state index in [4.69, 9.17) is 4.74 Å². The normalized spacial score (nSPS) is 10.7. The Morgan fingerprint density at radius 2 is 1.85 bits per heavy atom. The van der Waals surface area contributed by atoms with Gasteiger partial charge in [-0.3, -0.25) is 9.55 Å². The first-order chi connectivity index (χ1) is 13.1. The Labute approximate surface area is 157 Å². The van der Waals surface area contributed by atoms with Gasteiger partial charge in [0.1, 0.15) is 11.5 Å². The van der Waals surface area contributed by atoms with Gasteiger partial charge in [0.15, 0.2) is 0 Å². The Balaban J connectivity index is 1.57. The predicted octanol–water partition coefficient (Wildman–Crippen LogP) is 5.53. The maximum Gasteiger partial charge on any atom is 0.330 e. The number of amides is 1. The Bertz CT molecular complexity index is 1130. The van der Waals surface area contributed by atoms with E-state index in [0.29, 0.717) is 5.75 Å². The number of carbonyl (C=O) groups is 1. The van der Waals surface area contributed by atoms with Crippen LogP contribution >= 0.6 is 0 Å². The van der Waals surface area contributed by atoms with E-state index in [2.05, 4.69) is 10.3 Å². The fourth-order valence-corrected chi connectivity index (χ4v) is 2.99. The van der Waals surface area contributed by atoms with Crippen LogP contribution in [0.5, 0.6) is 11.5 Å². The molecular weight excluding hydrogens is 338 g/mol. The van der Waals surface area contributed by atoms with Crippen molar-refractivity contribution in [2.45, 2.75) is 13.8 Å². The standard InChI is InChI=1S/C22H19N3O2/c1-15-4-3-5-18(12-15)24-22(26)25-11-9-17-14-19(6-7-21(17)25)27-20-8-10-23-16(2)13-20/h3-14H,1-2H3,(H,24,26). The maximum atomic E-state index is 12.6. The van der Waals surface area contributed by atoms with Crippen LogP contribution in [0.2, 0.25) is 0 Å². The highest BCUT2D eigenvalue weighted by Gasteiger charge is 2.10. The van der Waals surface area contributed by atoms with Crippen LogP contribution < -0.4 is 10.1 Å². The minimum atomic E-state index is -0.200. The number of aromatic nitrogens is 2. The molecule has 5 heteroatoms. The molecule has 2 heterocycles. The van der Waals surface area contributed by atoms with Crippen LogP contribution in [0.1, 0.15) is 11.3 Å². The molecule has 2 aromatic heterocycles. The van der Waals surface area contributed by atoms with Crippen LogP contribution in [0, 0.1) is 13.8 Å². The van der Waals surface area contributed by atoms with Crippen LogP contribution in [0.25, 0.3) is 10.9 Å². The Morgan fingerprint density at radius 1 is 1.00 bits per heavy atom. The molecule has 1 amide bonds. The van der Waals surface area contributed by atoms with Crippen molar-refractivity contribution >= 4 is 22.6 Å². The van der Waals surface area contributed by atoms with Crippen LogP contribution in [0.3, 0.4) is 0 Å². The van der Waals surface area contributed by atoms with Gasteiger partial charge >= 0.3 is 6.03 Å². The Hall–Kier alpha value is -3.60. The zero-order valence-corrected chi connectivity index (χ0v) is 15.1. The van der Waals surface area contributed by atoms with Gasteiger partial charge in [-0.1, -0.05) is 12.1 Å². The fraction of sp³-hybridized carbons (Fsp3) is 0.0909. The maximum absolute atomic E-state index is 12.6. The third-order valence-corrected chi connectivity index (χ3v) is 4.25. The summed E-state index contributed by atoms with van der Waals surface area (Å²) in [5.74, 6) is 1.45. The van der Waals surface area contributed by atoms with Crippen molar-refractivity contribution in [2.75, 3.05) is 5.32 Å². The SMILES string of the molecule is Cc1cccc(NC(=O)n2ccc3cc(Oc4ccnc(C)c4)ccc32)c1. The molecule has 0 saturated heterocycles. The van der Waals surface area contributed by atoms with Gasteiger partial charge < -0.3 is 10.1 Å². The Morgan fingerprint density at radius 3 is 2.67 bits per heavy atom. The lowest BCUT2D eigenvalue weighted by Gasteiger charge is -2.09. The molecule has 0 unspecified atom stereocenters. The van der Waals surface area contributed by atoms with Crippen LogP contribution in [-0.2, 0) is 0 Å². The van der Waals surface area contributed by atoms with Crippen molar-refractivity contribution in [3.05, 3.63) is 84.3 Å². The monoisotopic (exact) mass is 357 g/mol. The van der Waals surface area contributed by atoms with Gasteiger partial charge in [0, 0.05) is 35.2 Å². The average molecular weight is 357 g/mol. The first kappa shape index (κ1) is 16.8. The van der Waals surface area contributed by atoms with E-state index in [0.717, 1.165) is 33.6 Å². The lowest BCUT2D eigenvalue weighted by molar-refractivity contribution is 0.254. The zero-order chi connectivity index (χ0) is 18.8. The van der Waals surface area contributed by atoms with E-state index in [1.165, 1.54) is 0 Å². The lowest BCUT2D eigenvalue weighted by atomic mass is 10.2. The minimum absolute atomic E-state index is 0.200. The highest BCUT2D eigenvalue weighted by molar-refractivity contribution is 5.98. The number of anilines is 1. The van der Waals surface area contributed by atoms with Crippen molar-refractivity contribution in [2.24, 2.45) is 0 Å². The minimum Gasteiger partial charge on any atom is -0.457 e. The van der Waals surface area contributed by atoms with Crippen LogP contribution in [0.4, 0.5) is 10.5 Å². The number of carbonyl (C=O) groups excluding carboxylic acids is 1. The van der Waals surface area contributed by atoms with Crippen molar-refractivity contribution in [3.8, 4) is 11.5 Å². The zero-order valence-electron chi connectivity index (χ0n) is 15.1. The first-order valence-corrected chi connectivity index (χ1v) is 8.68. The molecule has 134 valence electrons. The summed E-state index contributed by atoms with van der Waals surface area (Å²) in [6.45, 7) is 3.91. The topological polar surface area (TPSA) is 56.2 Å². The molecule has 27 heavy (non-hydrogen) atoms. The Kier molecular flexibility index (Phi) is 4.34. The van der Waals surface area contributed by atoms with E-state index in [9.17, 15) is 4.79 Å². The van der Waals surface area contributed by atoms with Gasteiger partial charge in [-0.2, -0.15) is 0 Å². The number of ether oxygens (including phenoxy) is 1. The highest BCUT2D eigenvalue weighted by Crippen LogP contribution is 2.26. The molecule has 0 bridgehead atoms. The number of pyridine rings is 1. The number of benzene rings is 2. The number of aryl methyl sites for hydroxylation is 2. The fourth-order valence-electron chi connectivity index (χ4n) is 2.99. The van der Waals surface area contributed by atoms with Gasteiger partial charge in [-0.05, 0) is 61.9 Å². The second-order valence-corrected chi connectivity index (χ2v) is 6.44. The third-order valence-electron chi connectivity index (χ3n) is 4.25. The van der Waals surface area contributed by atoms with Crippen molar-refractivity contribution in [1.29, 1.82) is 0 Å². The number of rotatable bonds is 3. The molecule has 0 aliphatic carbocycles. The van der Waals surface area contributed by atoms with Gasteiger partial charge in [-0.15, -0.1) is 0 Å². The van der Waals surface area contributed by atoms with E-state index >= 15 is 0 Å². The molecule has 4 aromatic rings. The quantitative estimate of drug-likeness (QED) is 0.525. The number of nitrogens with one attached hydrogen (secondary N) is 1. The summed E-state index contributed by atoms with van der Waals surface area (Å²) in [6, 6.07) is 18.8. The van der Waals surface area contributed by atoms with Crippen molar-refractivity contribution in [1.82, 2.24) is 9.55 Å². The van der Waals surface area contributed by atoms with Gasteiger partial charge in [0.05, 0.1) is 5.52 Å². The van der Waals surface area contributed by atoms with Gasteiger partial charge in [0.25, 0.3) is 0 Å². The molecule has 4 rings (SSSR count). The summed E-state index contributed by atoms with van der Waals surface area (Å²) in [6.07, 6.45) is 3.48. The van der Waals surface area contributed by atoms with E-state index in [1.807, 2.05) is 74.5 Å². The molecule has 0 radical (unpaired) electrons. The smallest absolute Gasteiger partial charge is 0.330 e. The average Bonchev–Trinajstić information content (AvgIpc) is 3.05. The molecule has 0 aliphatic rings. The van der Waals surface area contributed by atoms with Gasteiger partial charge in [-0.25, -0.2) is 4.79 Å². The van der Waals surface area contributed by atoms with E-state index in [1.54, 1.807) is 17.0 Å². The highest BCUT2D eigenvalue weighted by atomic mass is 16.5. The molecule has 0 spiro atoms. The summed E-state index contributed by atoms with van der Waals surface area (Å²) in [5, 5.41) is 3.85. The number of hydrogen-bond acceptors (Lipinski definition) is 3. The second-order valence-electron chi connectivity index (χ2n) is 6.44. The van der Waals surface area contributed by atoms with Crippen molar-refractivity contribution < 1.29 is 9.53 Å². The summed E-state index contributed by atoms with van der Waals surface area (Å²) >= 11 is 0. The molecule has 0 atom stereocenters. The largest absolute Gasteiger partial charge is 0.457 e. The first-order valence-electron chi connectivity index (χ1n) is 8.68. The predicted molar refractivity (Wildman–Crippen MR) is 107 cm³/mol. The van der Waals surface area contributed by atoms with Crippen molar-refractivity contribution in [3.63, 3.8) is 0 Å². The molecule has 1 N–H and O–H groups in total. The summed E-state index contributed by atoms with van der Waals surface area (Å²) in [7, 11) is 0. The molecule has 0 saturated carbocycles. The number of nitrogens with zero attached hydrogens (tertiary/aromatic N) is 2. The molecule has 5 nitrogen and oxygen atoms in total. The van der Waals surface area contributed by atoms with Gasteiger partial charge in [0.2, 0.25) is 0 Å². The summed E-state index contributed by atoms with van der Waals surface area (Å²) < 4.78 is 7.49. The summed E-state index contributed by atoms with van der Waals surface area (Å²) in [4.78, 5) is 16.8. The van der Waals surface area contributed by atoms with Crippen LogP contribution in [-0.4, -0.2) is 15.6 Å². The molecule has 2 aromatic carbocycles. The second kappa shape index (κ2) is 6.96. The third kappa shape index (κ3) is 3.67. The molecule has 0 fully saturated rings. The summed E-state index contributed by atoms with van der Waals surface area (Å²) in [5.41, 5.74) is 3.58. The number of fused-ring (bicyclic) bond motifs is 1. The number of hydrogen-bond donors (Lipinski definition) is 1. The lowest BCUT2D eigenvalue weighted by Crippen LogP contribution is -2.18. The van der Waals surface area contributed by atoms with Crippen LogP contribution in [0.15, 0.2) is 73.1 Å². The van der Waals surface area contributed by atoms with E-state index < -0.39 is 0 Å².